The van der Waals surface area contributed by atoms with Crippen LogP contribution in [0.15, 0.2) is 55.0 Å². The fourth-order valence-electron chi connectivity index (χ4n) is 3.62. The maximum absolute atomic E-state index is 4.68. The molecular formula is C23H24N8. The Hall–Kier alpha value is -3.94. The predicted molar refractivity (Wildman–Crippen MR) is 121 cm³/mol. The van der Waals surface area contributed by atoms with E-state index < -0.39 is 0 Å². The Morgan fingerprint density at radius 3 is 1.90 bits per heavy atom. The van der Waals surface area contributed by atoms with Crippen molar-refractivity contribution in [3.63, 3.8) is 0 Å². The molecule has 0 atom stereocenters. The van der Waals surface area contributed by atoms with Gasteiger partial charge in [-0.2, -0.15) is 4.98 Å². The summed E-state index contributed by atoms with van der Waals surface area (Å²) in [6.45, 7) is 7.27. The first-order chi connectivity index (χ1) is 15.1. The van der Waals surface area contributed by atoms with Crippen LogP contribution in [0.25, 0.3) is 11.3 Å². The maximum atomic E-state index is 4.68. The molecule has 156 valence electrons. The number of pyridine rings is 2. The third-order valence-electron chi connectivity index (χ3n) is 5.33. The van der Waals surface area contributed by atoms with Crippen molar-refractivity contribution in [1.82, 2.24) is 28.7 Å². The first kappa shape index (κ1) is 19.0. The van der Waals surface area contributed by atoms with Gasteiger partial charge >= 0.3 is 0 Å². The Balaban J connectivity index is 1.29. The van der Waals surface area contributed by atoms with Gasteiger partial charge in [0, 0.05) is 35.5 Å². The zero-order valence-electron chi connectivity index (χ0n) is 17.8. The molecule has 0 aliphatic carbocycles. The number of hydrogen-bond donors (Lipinski definition) is 2. The van der Waals surface area contributed by atoms with Crippen LogP contribution in [-0.4, -0.2) is 28.7 Å². The Morgan fingerprint density at radius 2 is 1.32 bits per heavy atom. The Labute approximate surface area is 180 Å². The van der Waals surface area contributed by atoms with Crippen LogP contribution in [0.5, 0.6) is 0 Å². The number of nitrogens with one attached hydrogen (secondary N) is 2. The van der Waals surface area contributed by atoms with Crippen LogP contribution in [0.2, 0.25) is 0 Å². The first-order valence-electron chi connectivity index (χ1n) is 10.3. The number of rotatable bonds is 6. The molecule has 0 aliphatic heterocycles. The monoisotopic (exact) mass is 412 g/mol. The van der Waals surface area contributed by atoms with Gasteiger partial charge in [0.25, 0.3) is 0 Å². The van der Waals surface area contributed by atoms with Crippen molar-refractivity contribution in [2.75, 3.05) is 10.6 Å². The molecule has 0 saturated carbocycles. The minimum atomic E-state index is 0.551. The minimum absolute atomic E-state index is 0.551. The summed E-state index contributed by atoms with van der Waals surface area (Å²) >= 11 is 0. The third-order valence-corrected chi connectivity index (χ3v) is 5.33. The second-order valence-electron chi connectivity index (χ2n) is 7.69. The quantitative estimate of drug-likeness (QED) is 0.440. The van der Waals surface area contributed by atoms with Gasteiger partial charge in [0.05, 0.1) is 24.5 Å². The van der Waals surface area contributed by atoms with Gasteiger partial charge in [0.1, 0.15) is 17.1 Å². The summed E-state index contributed by atoms with van der Waals surface area (Å²) in [6, 6.07) is 12.2. The van der Waals surface area contributed by atoms with Gasteiger partial charge in [-0.25, -0.2) is 15.0 Å². The van der Waals surface area contributed by atoms with Crippen molar-refractivity contribution in [3.05, 3.63) is 83.3 Å². The molecule has 0 unspecified atom stereocenters. The lowest BCUT2D eigenvalue weighted by Crippen LogP contribution is -2.08. The summed E-state index contributed by atoms with van der Waals surface area (Å²) in [5, 5.41) is 6.67. The van der Waals surface area contributed by atoms with Crippen molar-refractivity contribution in [2.24, 2.45) is 0 Å². The molecule has 8 nitrogen and oxygen atoms in total. The van der Waals surface area contributed by atoms with Gasteiger partial charge in [-0.15, -0.1) is 0 Å². The minimum Gasteiger partial charge on any atom is -0.364 e. The Bertz CT molecular complexity index is 1380. The molecule has 0 aromatic carbocycles. The highest BCUT2D eigenvalue weighted by Gasteiger charge is 2.08. The van der Waals surface area contributed by atoms with Crippen LogP contribution < -0.4 is 10.6 Å². The largest absolute Gasteiger partial charge is 0.364 e. The molecule has 0 radical (unpaired) electrons. The van der Waals surface area contributed by atoms with E-state index in [1.54, 1.807) is 0 Å². The van der Waals surface area contributed by atoms with E-state index in [2.05, 4.69) is 71.5 Å². The number of aryl methyl sites for hydroxylation is 3. The van der Waals surface area contributed by atoms with Crippen LogP contribution in [0.3, 0.4) is 0 Å². The molecule has 2 N–H and O–H groups in total. The van der Waals surface area contributed by atoms with Crippen molar-refractivity contribution >= 4 is 23.1 Å². The summed E-state index contributed by atoms with van der Waals surface area (Å²) in [5.41, 5.74) is 7.07. The Kier molecular flexibility index (Phi) is 4.74. The molecule has 0 bridgehead atoms. The summed E-state index contributed by atoms with van der Waals surface area (Å²) in [6.07, 6.45) is 5.91. The maximum Gasteiger partial charge on any atom is 0.224 e. The molecule has 5 aromatic rings. The molecule has 0 fully saturated rings. The lowest BCUT2D eigenvalue weighted by atomic mass is 10.3. The lowest BCUT2D eigenvalue weighted by molar-refractivity contribution is 0.991. The van der Waals surface area contributed by atoms with E-state index in [4.69, 9.17) is 0 Å². The number of anilines is 2. The Morgan fingerprint density at radius 1 is 0.742 bits per heavy atom. The van der Waals surface area contributed by atoms with E-state index in [-0.39, 0.29) is 0 Å². The SMILES string of the molecule is Cc1cnc(NCc2cn3c(C)cccc3n2)nc1NCc1cn2c(C)cccc2n1. The molecule has 5 rings (SSSR count). The smallest absolute Gasteiger partial charge is 0.224 e. The molecule has 0 saturated heterocycles. The summed E-state index contributed by atoms with van der Waals surface area (Å²) in [5.74, 6) is 1.35. The van der Waals surface area contributed by atoms with Crippen molar-refractivity contribution < 1.29 is 0 Å². The highest BCUT2D eigenvalue weighted by atomic mass is 15.2. The van der Waals surface area contributed by atoms with Crippen molar-refractivity contribution in [3.8, 4) is 0 Å². The van der Waals surface area contributed by atoms with Gasteiger partial charge < -0.3 is 19.4 Å². The molecule has 5 aromatic heterocycles. The molecule has 8 heteroatoms. The molecule has 0 aliphatic rings. The van der Waals surface area contributed by atoms with E-state index >= 15 is 0 Å². The number of hydrogen-bond acceptors (Lipinski definition) is 6. The normalized spacial score (nSPS) is 11.3. The van der Waals surface area contributed by atoms with Crippen LogP contribution in [0, 0.1) is 20.8 Å². The molecule has 0 amide bonds. The zero-order chi connectivity index (χ0) is 21.4. The molecular weight excluding hydrogens is 388 g/mol. The molecule has 31 heavy (non-hydrogen) atoms. The zero-order valence-corrected chi connectivity index (χ0v) is 17.8. The molecule has 0 spiro atoms. The van der Waals surface area contributed by atoms with Crippen LogP contribution >= 0.6 is 0 Å². The van der Waals surface area contributed by atoms with E-state index in [0.29, 0.717) is 19.0 Å². The fourth-order valence-corrected chi connectivity index (χ4v) is 3.62. The van der Waals surface area contributed by atoms with Gasteiger partial charge in [-0.1, -0.05) is 12.1 Å². The molecule has 5 heterocycles. The van der Waals surface area contributed by atoms with Crippen LogP contribution in [0.4, 0.5) is 11.8 Å². The summed E-state index contributed by atoms with van der Waals surface area (Å²) in [7, 11) is 0. The van der Waals surface area contributed by atoms with Gasteiger partial charge in [0.15, 0.2) is 0 Å². The second kappa shape index (κ2) is 7.71. The number of aromatic nitrogens is 6. The highest BCUT2D eigenvalue weighted by molar-refractivity contribution is 5.48. The number of fused-ring (bicyclic) bond motifs is 2. The predicted octanol–water partition coefficient (Wildman–Crippen LogP) is 3.92. The second-order valence-corrected chi connectivity index (χ2v) is 7.69. The highest BCUT2D eigenvalue weighted by Crippen LogP contribution is 2.16. The average Bonchev–Trinajstić information content (AvgIpc) is 3.37. The van der Waals surface area contributed by atoms with Crippen molar-refractivity contribution in [2.45, 2.75) is 33.9 Å². The van der Waals surface area contributed by atoms with Crippen molar-refractivity contribution in [1.29, 1.82) is 0 Å². The summed E-state index contributed by atoms with van der Waals surface area (Å²) < 4.78 is 4.17. The van der Waals surface area contributed by atoms with Gasteiger partial charge in [-0.05, 0) is 45.0 Å². The topological polar surface area (TPSA) is 84.4 Å². The van der Waals surface area contributed by atoms with Gasteiger partial charge in [-0.3, -0.25) is 0 Å². The number of imidazole rings is 2. The van der Waals surface area contributed by atoms with E-state index in [0.717, 1.165) is 45.5 Å². The lowest BCUT2D eigenvalue weighted by Gasteiger charge is -2.09. The first-order valence-corrected chi connectivity index (χ1v) is 10.3. The van der Waals surface area contributed by atoms with E-state index in [1.165, 1.54) is 0 Å². The van der Waals surface area contributed by atoms with Gasteiger partial charge in [0.2, 0.25) is 5.95 Å². The standard InChI is InChI=1S/C23H24N8/c1-15-10-25-23(26-12-19-14-31-17(3)7-5-9-21(31)28-19)29-22(15)24-11-18-13-30-16(2)6-4-8-20(30)27-18/h4-10,13-14H,11-12H2,1-3H3,(H2,24,25,26,29). The van der Waals surface area contributed by atoms with Crippen LogP contribution in [-0.2, 0) is 13.1 Å². The van der Waals surface area contributed by atoms with Crippen LogP contribution in [0.1, 0.15) is 28.3 Å². The van der Waals surface area contributed by atoms with E-state index in [9.17, 15) is 0 Å². The fraction of sp³-hybridized carbons (Fsp3) is 0.217. The third kappa shape index (κ3) is 3.79. The number of nitrogens with zero attached hydrogens (tertiary/aromatic N) is 6. The summed E-state index contributed by atoms with van der Waals surface area (Å²) in [4.78, 5) is 18.4. The average molecular weight is 413 g/mol. The van der Waals surface area contributed by atoms with E-state index in [1.807, 2.05) is 43.6 Å².